The van der Waals surface area contributed by atoms with Crippen molar-refractivity contribution in [2.75, 3.05) is 18.4 Å². The second-order valence-electron chi connectivity index (χ2n) is 9.32. The Kier molecular flexibility index (Phi) is 8.41. The first-order chi connectivity index (χ1) is 16.3. The molecule has 0 bridgehead atoms. The monoisotopic (exact) mass is 458 g/mol. The summed E-state index contributed by atoms with van der Waals surface area (Å²) in [4.78, 5) is 27.5. The van der Waals surface area contributed by atoms with Gasteiger partial charge >= 0.3 is 0 Å². The quantitative estimate of drug-likeness (QED) is 0.434. The molecular formula is C28H34N4O2. The van der Waals surface area contributed by atoms with Crippen LogP contribution in [0.5, 0.6) is 0 Å². The molecule has 178 valence electrons. The second-order valence-corrected chi connectivity index (χ2v) is 9.32. The van der Waals surface area contributed by atoms with Gasteiger partial charge in [-0.15, -0.1) is 0 Å². The summed E-state index contributed by atoms with van der Waals surface area (Å²) in [5.74, 6) is 0.151. The minimum absolute atomic E-state index is 0.0250. The van der Waals surface area contributed by atoms with Crippen molar-refractivity contribution in [3.63, 3.8) is 0 Å². The zero-order chi connectivity index (χ0) is 24.6. The summed E-state index contributed by atoms with van der Waals surface area (Å²) in [6, 6.07) is 21.3. The predicted molar refractivity (Wildman–Crippen MR) is 138 cm³/mol. The van der Waals surface area contributed by atoms with Crippen LogP contribution in [0.3, 0.4) is 0 Å². The number of para-hydroxylation sites is 1. The van der Waals surface area contributed by atoms with Crippen molar-refractivity contribution in [3.05, 3.63) is 84.1 Å². The Morgan fingerprint density at radius 3 is 2.29 bits per heavy atom. The fraction of sp³-hybridized carbons (Fsp3) is 0.321. The van der Waals surface area contributed by atoms with E-state index in [1.54, 1.807) is 15.7 Å². The molecular weight excluding hydrogens is 424 g/mol. The third-order valence-corrected chi connectivity index (χ3v) is 5.39. The van der Waals surface area contributed by atoms with Gasteiger partial charge in [0.05, 0.1) is 11.4 Å². The smallest absolute Gasteiger partial charge is 0.247 e. The number of nitrogens with zero attached hydrogens (tertiary/aromatic N) is 3. The van der Waals surface area contributed by atoms with Gasteiger partial charge in [-0.05, 0) is 30.2 Å². The summed E-state index contributed by atoms with van der Waals surface area (Å²) in [7, 11) is 0. The number of rotatable bonds is 9. The third-order valence-electron chi connectivity index (χ3n) is 5.39. The summed E-state index contributed by atoms with van der Waals surface area (Å²) in [6.07, 6.45) is 5.07. The van der Waals surface area contributed by atoms with E-state index in [2.05, 4.69) is 33.0 Å². The number of hydrogen-bond acceptors (Lipinski definition) is 3. The molecule has 2 amide bonds. The third kappa shape index (κ3) is 6.91. The number of amides is 2. The molecule has 34 heavy (non-hydrogen) atoms. The minimum atomic E-state index is -0.255. The van der Waals surface area contributed by atoms with Gasteiger partial charge in [-0.1, -0.05) is 82.6 Å². The Bertz CT molecular complexity index is 1110. The van der Waals surface area contributed by atoms with Crippen LogP contribution in [-0.4, -0.2) is 39.6 Å². The number of aromatic nitrogens is 2. The molecule has 0 unspecified atom stereocenters. The summed E-state index contributed by atoms with van der Waals surface area (Å²) in [5.41, 5.74) is 2.50. The van der Waals surface area contributed by atoms with E-state index in [1.807, 2.05) is 66.7 Å². The maximum atomic E-state index is 13.0. The van der Waals surface area contributed by atoms with Crippen LogP contribution in [0.25, 0.3) is 11.8 Å². The molecule has 0 aliphatic heterocycles. The van der Waals surface area contributed by atoms with Gasteiger partial charge in [-0.25, -0.2) is 4.68 Å². The first-order valence-corrected chi connectivity index (χ1v) is 11.8. The molecule has 0 spiro atoms. The van der Waals surface area contributed by atoms with Gasteiger partial charge in [-0.3, -0.25) is 9.59 Å². The lowest BCUT2D eigenvalue weighted by Crippen LogP contribution is -2.38. The van der Waals surface area contributed by atoms with Crippen molar-refractivity contribution in [2.24, 2.45) is 0 Å². The van der Waals surface area contributed by atoms with E-state index in [4.69, 9.17) is 5.10 Å². The molecule has 3 aromatic rings. The van der Waals surface area contributed by atoms with Crippen LogP contribution in [0.1, 0.15) is 51.8 Å². The lowest BCUT2D eigenvalue weighted by Gasteiger charge is -2.20. The van der Waals surface area contributed by atoms with Gasteiger partial charge in [0.2, 0.25) is 11.8 Å². The fourth-order valence-corrected chi connectivity index (χ4v) is 3.41. The highest BCUT2D eigenvalue weighted by Crippen LogP contribution is 2.26. The highest BCUT2D eigenvalue weighted by molar-refractivity contribution is 5.97. The van der Waals surface area contributed by atoms with Crippen LogP contribution in [0, 0.1) is 0 Å². The molecule has 1 heterocycles. The van der Waals surface area contributed by atoms with Gasteiger partial charge in [-0.2, -0.15) is 5.10 Å². The van der Waals surface area contributed by atoms with Crippen LogP contribution in [-0.2, 0) is 15.0 Å². The molecule has 0 atom stereocenters. The SMILES string of the molecule is CCCCN(CC(=O)Nc1cc(C(C)(C)C)nn1-c1ccccc1)C(=O)C=Cc1ccccc1. The van der Waals surface area contributed by atoms with Gasteiger partial charge < -0.3 is 10.2 Å². The Balaban J connectivity index is 1.78. The number of hydrogen-bond donors (Lipinski definition) is 1. The van der Waals surface area contributed by atoms with E-state index in [-0.39, 0.29) is 23.8 Å². The normalized spacial score (nSPS) is 11.5. The maximum absolute atomic E-state index is 13.0. The molecule has 0 saturated carbocycles. The zero-order valence-corrected chi connectivity index (χ0v) is 20.5. The summed E-state index contributed by atoms with van der Waals surface area (Å²) in [6.45, 7) is 8.81. The van der Waals surface area contributed by atoms with Gasteiger partial charge in [0.25, 0.3) is 0 Å². The van der Waals surface area contributed by atoms with Gasteiger partial charge in [0.1, 0.15) is 12.4 Å². The number of anilines is 1. The van der Waals surface area contributed by atoms with Crippen LogP contribution < -0.4 is 5.32 Å². The summed E-state index contributed by atoms with van der Waals surface area (Å²) >= 11 is 0. The van der Waals surface area contributed by atoms with Crippen molar-refractivity contribution in [1.29, 1.82) is 0 Å². The minimum Gasteiger partial charge on any atom is -0.330 e. The average molecular weight is 459 g/mol. The standard InChI is InChI=1S/C28H34N4O2/c1-5-6-19-31(27(34)18-17-22-13-9-7-10-14-22)21-26(33)29-25-20-24(28(2,3)4)30-32(25)23-15-11-8-12-16-23/h7-18,20H,5-6,19,21H2,1-4H3,(H,29,33). The van der Waals surface area contributed by atoms with E-state index in [0.29, 0.717) is 12.4 Å². The Labute approximate surface area is 202 Å². The molecule has 0 saturated heterocycles. The number of unbranched alkanes of at least 4 members (excludes halogenated alkanes) is 1. The highest BCUT2D eigenvalue weighted by atomic mass is 16.2. The molecule has 0 fully saturated rings. The van der Waals surface area contributed by atoms with Gasteiger partial charge in [0.15, 0.2) is 0 Å². The fourth-order valence-electron chi connectivity index (χ4n) is 3.41. The van der Waals surface area contributed by atoms with E-state index < -0.39 is 0 Å². The molecule has 6 nitrogen and oxygen atoms in total. The Morgan fingerprint density at radius 1 is 1.03 bits per heavy atom. The molecule has 0 radical (unpaired) electrons. The van der Waals surface area contributed by atoms with Crippen molar-refractivity contribution in [2.45, 2.75) is 46.0 Å². The average Bonchev–Trinajstić information content (AvgIpc) is 3.25. The molecule has 1 aromatic heterocycles. The summed E-state index contributed by atoms with van der Waals surface area (Å²) in [5, 5.41) is 7.72. The molecule has 0 aliphatic rings. The van der Waals surface area contributed by atoms with Crippen LogP contribution in [0.4, 0.5) is 5.82 Å². The van der Waals surface area contributed by atoms with Crippen molar-refractivity contribution >= 4 is 23.7 Å². The predicted octanol–water partition coefficient (Wildman–Crippen LogP) is 5.45. The van der Waals surface area contributed by atoms with E-state index in [0.717, 1.165) is 29.8 Å². The molecule has 2 aromatic carbocycles. The van der Waals surface area contributed by atoms with Crippen LogP contribution >= 0.6 is 0 Å². The van der Waals surface area contributed by atoms with Crippen molar-refractivity contribution in [1.82, 2.24) is 14.7 Å². The number of nitrogens with one attached hydrogen (secondary N) is 1. The first kappa shape index (κ1) is 25.0. The molecule has 1 N–H and O–H groups in total. The number of carbonyl (C=O) groups is 2. The lowest BCUT2D eigenvalue weighted by atomic mass is 9.92. The van der Waals surface area contributed by atoms with Crippen LogP contribution in [0.2, 0.25) is 0 Å². The number of carbonyl (C=O) groups excluding carboxylic acids is 2. The zero-order valence-electron chi connectivity index (χ0n) is 20.5. The topological polar surface area (TPSA) is 67.2 Å². The van der Waals surface area contributed by atoms with Crippen molar-refractivity contribution < 1.29 is 9.59 Å². The van der Waals surface area contributed by atoms with Crippen molar-refractivity contribution in [3.8, 4) is 5.69 Å². The van der Waals surface area contributed by atoms with Gasteiger partial charge in [0, 0.05) is 24.1 Å². The van der Waals surface area contributed by atoms with E-state index in [1.165, 1.54) is 6.08 Å². The Hall–Kier alpha value is -3.67. The van der Waals surface area contributed by atoms with E-state index in [9.17, 15) is 9.59 Å². The Morgan fingerprint density at radius 2 is 1.68 bits per heavy atom. The molecule has 6 heteroatoms. The molecule has 0 aliphatic carbocycles. The maximum Gasteiger partial charge on any atom is 0.247 e. The lowest BCUT2D eigenvalue weighted by molar-refractivity contribution is -0.130. The first-order valence-electron chi connectivity index (χ1n) is 11.8. The second kappa shape index (κ2) is 11.5. The number of benzene rings is 2. The molecule has 3 rings (SSSR count). The highest BCUT2D eigenvalue weighted by Gasteiger charge is 2.22. The largest absolute Gasteiger partial charge is 0.330 e. The summed E-state index contributed by atoms with van der Waals surface area (Å²) < 4.78 is 1.74. The van der Waals surface area contributed by atoms with E-state index >= 15 is 0 Å². The van der Waals surface area contributed by atoms with Crippen LogP contribution in [0.15, 0.2) is 72.8 Å².